The minimum atomic E-state index is 0.134. The van der Waals surface area contributed by atoms with E-state index in [4.69, 9.17) is 5.73 Å². The molecule has 1 aromatic heterocycles. The minimum absolute atomic E-state index is 0.134. The number of rotatable bonds is 3. The second-order valence-electron chi connectivity index (χ2n) is 5.26. The Hall–Kier alpha value is -0.830. The van der Waals surface area contributed by atoms with Gasteiger partial charge < -0.3 is 5.73 Å². The van der Waals surface area contributed by atoms with Crippen LogP contribution in [0.2, 0.25) is 0 Å². The molecular formula is C13H23N3. The van der Waals surface area contributed by atoms with Gasteiger partial charge in [-0.3, -0.25) is 4.68 Å². The van der Waals surface area contributed by atoms with Crippen LogP contribution in [-0.4, -0.2) is 9.78 Å². The number of hydrogen-bond donors (Lipinski definition) is 1. The molecule has 1 atom stereocenters. The van der Waals surface area contributed by atoms with Gasteiger partial charge in [0.25, 0.3) is 0 Å². The lowest BCUT2D eigenvalue weighted by Crippen LogP contribution is -2.35. The van der Waals surface area contributed by atoms with E-state index in [1.807, 2.05) is 10.9 Å². The van der Waals surface area contributed by atoms with Crippen LogP contribution in [0.4, 0.5) is 0 Å². The van der Waals surface area contributed by atoms with Crippen LogP contribution >= 0.6 is 0 Å². The summed E-state index contributed by atoms with van der Waals surface area (Å²) in [6.07, 6.45) is 8.39. The van der Waals surface area contributed by atoms with E-state index in [0.29, 0.717) is 0 Å². The molecule has 2 N–H and O–H groups in total. The Labute approximate surface area is 98.0 Å². The van der Waals surface area contributed by atoms with Gasteiger partial charge in [-0.1, -0.05) is 26.2 Å². The third-order valence-electron chi connectivity index (χ3n) is 4.11. The number of nitrogens with two attached hydrogens (primary N) is 1. The maximum atomic E-state index is 6.46. The maximum Gasteiger partial charge on any atom is 0.0556 e. The molecule has 0 aliphatic heterocycles. The smallest absolute Gasteiger partial charge is 0.0556 e. The van der Waals surface area contributed by atoms with E-state index in [1.54, 1.807) is 0 Å². The predicted molar refractivity (Wildman–Crippen MR) is 66.0 cm³/mol. The van der Waals surface area contributed by atoms with Crippen molar-refractivity contribution in [2.24, 2.45) is 11.1 Å². The van der Waals surface area contributed by atoms with Crippen molar-refractivity contribution >= 4 is 0 Å². The number of aromatic nitrogens is 2. The van der Waals surface area contributed by atoms with Crippen LogP contribution in [0.25, 0.3) is 0 Å². The molecule has 90 valence electrons. The molecule has 16 heavy (non-hydrogen) atoms. The number of nitrogens with zero attached hydrogens (tertiary/aromatic N) is 2. The highest BCUT2D eigenvalue weighted by molar-refractivity contribution is 5.11. The molecule has 1 unspecified atom stereocenters. The van der Waals surface area contributed by atoms with Crippen LogP contribution < -0.4 is 5.73 Å². The first kappa shape index (κ1) is 11.6. The fourth-order valence-corrected chi connectivity index (χ4v) is 2.90. The van der Waals surface area contributed by atoms with E-state index in [2.05, 4.69) is 25.0 Å². The van der Waals surface area contributed by atoms with Gasteiger partial charge in [0.15, 0.2) is 0 Å². The number of hydrogen-bond acceptors (Lipinski definition) is 2. The van der Waals surface area contributed by atoms with Gasteiger partial charge in [-0.25, -0.2) is 0 Å². The molecule has 0 saturated heterocycles. The zero-order valence-electron chi connectivity index (χ0n) is 10.4. The molecule has 1 saturated carbocycles. The quantitative estimate of drug-likeness (QED) is 0.853. The molecule has 0 radical (unpaired) electrons. The Morgan fingerprint density at radius 2 is 2.12 bits per heavy atom. The van der Waals surface area contributed by atoms with Crippen molar-refractivity contribution in [3.05, 3.63) is 18.0 Å². The normalized spacial score (nSPS) is 21.9. The molecule has 1 heterocycles. The molecule has 0 aromatic carbocycles. The zero-order valence-corrected chi connectivity index (χ0v) is 10.4. The average molecular weight is 221 g/mol. The molecule has 0 amide bonds. The van der Waals surface area contributed by atoms with Crippen LogP contribution in [0.1, 0.15) is 57.7 Å². The molecule has 0 spiro atoms. The summed E-state index contributed by atoms with van der Waals surface area (Å²) in [5.74, 6) is 0. The lowest BCUT2D eigenvalue weighted by Gasteiger charge is -2.38. The molecule has 1 aliphatic rings. The summed E-state index contributed by atoms with van der Waals surface area (Å²) < 4.78 is 2.03. The van der Waals surface area contributed by atoms with E-state index in [9.17, 15) is 0 Å². The highest BCUT2D eigenvalue weighted by Gasteiger charge is 2.35. The highest BCUT2D eigenvalue weighted by atomic mass is 15.3. The highest BCUT2D eigenvalue weighted by Crippen LogP contribution is 2.44. The molecule has 2 rings (SSSR count). The van der Waals surface area contributed by atoms with Crippen molar-refractivity contribution in [2.45, 2.75) is 58.5 Å². The van der Waals surface area contributed by atoms with Crippen molar-refractivity contribution in [3.8, 4) is 0 Å². The summed E-state index contributed by atoms with van der Waals surface area (Å²) in [5, 5.41) is 4.32. The van der Waals surface area contributed by atoms with E-state index in [0.717, 1.165) is 6.54 Å². The van der Waals surface area contributed by atoms with Crippen LogP contribution in [0, 0.1) is 5.41 Å². The minimum Gasteiger partial charge on any atom is -0.322 e. The first-order chi connectivity index (χ1) is 7.67. The van der Waals surface area contributed by atoms with Crippen LogP contribution in [0.3, 0.4) is 0 Å². The summed E-state index contributed by atoms with van der Waals surface area (Å²) >= 11 is 0. The largest absolute Gasteiger partial charge is 0.322 e. The van der Waals surface area contributed by atoms with E-state index >= 15 is 0 Å². The Kier molecular flexibility index (Phi) is 3.33. The van der Waals surface area contributed by atoms with Crippen LogP contribution in [0.15, 0.2) is 12.3 Å². The summed E-state index contributed by atoms with van der Waals surface area (Å²) in [6.45, 7) is 5.36. The van der Waals surface area contributed by atoms with Crippen LogP contribution in [-0.2, 0) is 6.54 Å². The van der Waals surface area contributed by atoms with E-state index < -0.39 is 0 Å². The van der Waals surface area contributed by atoms with Gasteiger partial charge in [0.05, 0.1) is 11.7 Å². The zero-order chi connectivity index (χ0) is 11.6. The van der Waals surface area contributed by atoms with Gasteiger partial charge in [-0.05, 0) is 31.2 Å². The number of aryl methyl sites for hydroxylation is 1. The molecule has 3 nitrogen and oxygen atoms in total. The fourth-order valence-electron chi connectivity index (χ4n) is 2.90. The first-order valence-corrected chi connectivity index (χ1v) is 6.44. The van der Waals surface area contributed by atoms with Crippen molar-refractivity contribution < 1.29 is 0 Å². The molecule has 1 aromatic rings. The van der Waals surface area contributed by atoms with E-state index in [-0.39, 0.29) is 11.5 Å². The van der Waals surface area contributed by atoms with Gasteiger partial charge in [0.1, 0.15) is 0 Å². The Balaban J connectivity index is 2.20. The standard InChI is InChI=1S/C13H23N3/c1-3-16-11(7-10-15-16)12(14)13(2)8-5-4-6-9-13/h7,10,12H,3-6,8-9,14H2,1-2H3. The van der Waals surface area contributed by atoms with Crippen molar-refractivity contribution in [1.82, 2.24) is 9.78 Å². The molecular weight excluding hydrogens is 198 g/mol. The predicted octanol–water partition coefficient (Wildman–Crippen LogP) is 2.87. The monoisotopic (exact) mass is 221 g/mol. The second kappa shape index (κ2) is 4.58. The lowest BCUT2D eigenvalue weighted by atomic mass is 9.70. The molecule has 3 heteroatoms. The Morgan fingerprint density at radius 1 is 1.44 bits per heavy atom. The van der Waals surface area contributed by atoms with Crippen molar-refractivity contribution in [2.75, 3.05) is 0 Å². The average Bonchev–Trinajstić information content (AvgIpc) is 2.77. The first-order valence-electron chi connectivity index (χ1n) is 6.44. The fraction of sp³-hybridized carbons (Fsp3) is 0.769. The third kappa shape index (κ3) is 2.01. The third-order valence-corrected chi connectivity index (χ3v) is 4.11. The van der Waals surface area contributed by atoms with Gasteiger partial charge in [0.2, 0.25) is 0 Å². The Bertz CT molecular complexity index is 337. The molecule has 0 bridgehead atoms. The Morgan fingerprint density at radius 3 is 2.75 bits per heavy atom. The van der Waals surface area contributed by atoms with Gasteiger partial charge in [-0.15, -0.1) is 0 Å². The summed E-state index contributed by atoms with van der Waals surface area (Å²) in [4.78, 5) is 0. The van der Waals surface area contributed by atoms with E-state index in [1.165, 1.54) is 37.8 Å². The SMILES string of the molecule is CCn1nccc1C(N)C1(C)CCCCC1. The molecule has 1 aliphatic carbocycles. The summed E-state index contributed by atoms with van der Waals surface area (Å²) in [5.41, 5.74) is 7.93. The molecule has 1 fully saturated rings. The summed E-state index contributed by atoms with van der Waals surface area (Å²) in [6, 6.07) is 2.21. The van der Waals surface area contributed by atoms with Crippen molar-refractivity contribution in [1.29, 1.82) is 0 Å². The van der Waals surface area contributed by atoms with Gasteiger partial charge >= 0.3 is 0 Å². The van der Waals surface area contributed by atoms with Crippen molar-refractivity contribution in [3.63, 3.8) is 0 Å². The van der Waals surface area contributed by atoms with Crippen LogP contribution in [0.5, 0.6) is 0 Å². The lowest BCUT2D eigenvalue weighted by molar-refractivity contribution is 0.164. The maximum absolute atomic E-state index is 6.46. The van der Waals surface area contributed by atoms with Gasteiger partial charge in [-0.2, -0.15) is 5.10 Å². The second-order valence-corrected chi connectivity index (χ2v) is 5.26. The summed E-state index contributed by atoms with van der Waals surface area (Å²) in [7, 11) is 0. The topological polar surface area (TPSA) is 43.8 Å². The van der Waals surface area contributed by atoms with Gasteiger partial charge in [0, 0.05) is 12.7 Å².